The van der Waals surface area contributed by atoms with E-state index >= 15 is 0 Å². The van der Waals surface area contributed by atoms with Crippen molar-refractivity contribution in [2.45, 2.75) is 13.3 Å². The Labute approximate surface area is 110 Å². The monoisotopic (exact) mass is 261 g/mol. The van der Waals surface area contributed by atoms with Crippen LogP contribution in [0.1, 0.15) is 11.1 Å². The highest BCUT2D eigenvalue weighted by molar-refractivity contribution is 6.29. The Morgan fingerprint density at radius 2 is 2.17 bits per heavy atom. The number of amides is 1. The van der Waals surface area contributed by atoms with Crippen molar-refractivity contribution in [2.75, 3.05) is 5.32 Å². The number of carbonyl (C=O) groups is 1. The summed E-state index contributed by atoms with van der Waals surface area (Å²) in [5.41, 5.74) is 2.10. The second-order valence-corrected chi connectivity index (χ2v) is 4.33. The number of rotatable bonds is 3. The number of carbonyl (C=O) groups excluding carboxylic acids is 1. The molecule has 0 saturated heterocycles. The van der Waals surface area contributed by atoms with E-state index in [0.29, 0.717) is 17.4 Å². The van der Waals surface area contributed by atoms with Crippen LogP contribution in [0.3, 0.4) is 0 Å². The highest BCUT2D eigenvalue weighted by Crippen LogP contribution is 2.08. The van der Waals surface area contributed by atoms with Crippen molar-refractivity contribution in [3.05, 3.63) is 52.9 Å². The average molecular weight is 262 g/mol. The summed E-state index contributed by atoms with van der Waals surface area (Å²) in [5, 5.41) is 2.96. The number of aromatic nitrogens is 2. The van der Waals surface area contributed by atoms with Crippen molar-refractivity contribution in [3.8, 4) is 0 Å². The smallest absolute Gasteiger partial charge is 0.229 e. The molecule has 5 heteroatoms. The lowest BCUT2D eigenvalue weighted by molar-refractivity contribution is -0.115. The third kappa shape index (κ3) is 3.53. The van der Waals surface area contributed by atoms with Gasteiger partial charge in [0.05, 0.1) is 18.8 Å². The largest absolute Gasteiger partial charge is 0.309 e. The molecule has 1 amide bonds. The summed E-state index contributed by atoms with van der Waals surface area (Å²) < 4.78 is 0. The lowest BCUT2D eigenvalue weighted by Crippen LogP contribution is -2.15. The van der Waals surface area contributed by atoms with Crippen molar-refractivity contribution < 1.29 is 4.79 Å². The van der Waals surface area contributed by atoms with Crippen molar-refractivity contribution in [2.24, 2.45) is 0 Å². The maximum Gasteiger partial charge on any atom is 0.229 e. The summed E-state index contributed by atoms with van der Waals surface area (Å²) in [5.74, 6) is 0.272. The fraction of sp³-hybridized carbons (Fsp3) is 0.154. The molecule has 2 rings (SSSR count). The normalized spacial score (nSPS) is 10.1. The van der Waals surface area contributed by atoms with Gasteiger partial charge in [-0.15, -0.1) is 0 Å². The van der Waals surface area contributed by atoms with E-state index in [4.69, 9.17) is 11.6 Å². The van der Waals surface area contributed by atoms with Crippen LogP contribution in [0.25, 0.3) is 0 Å². The number of anilines is 1. The first-order valence-electron chi connectivity index (χ1n) is 5.46. The number of hydrogen-bond acceptors (Lipinski definition) is 3. The fourth-order valence-corrected chi connectivity index (χ4v) is 1.67. The van der Waals surface area contributed by atoms with Crippen molar-refractivity contribution in [1.29, 1.82) is 0 Å². The zero-order valence-electron chi connectivity index (χ0n) is 9.85. The van der Waals surface area contributed by atoms with Gasteiger partial charge in [-0.05, 0) is 12.5 Å². The molecule has 0 aliphatic rings. The van der Waals surface area contributed by atoms with Gasteiger partial charge in [0.1, 0.15) is 5.15 Å². The number of halogens is 1. The van der Waals surface area contributed by atoms with Crippen molar-refractivity contribution in [3.63, 3.8) is 0 Å². The van der Waals surface area contributed by atoms with Crippen LogP contribution < -0.4 is 5.32 Å². The minimum Gasteiger partial charge on any atom is -0.309 e. The van der Waals surface area contributed by atoms with E-state index in [2.05, 4.69) is 15.3 Å². The van der Waals surface area contributed by atoms with E-state index in [1.807, 2.05) is 31.2 Å². The SMILES string of the molecule is Cc1cccc(CC(=O)Nc2cnc(Cl)cn2)c1. The van der Waals surface area contributed by atoms with Crippen LogP contribution in [0, 0.1) is 6.92 Å². The highest BCUT2D eigenvalue weighted by atomic mass is 35.5. The molecule has 4 nitrogen and oxygen atoms in total. The Morgan fingerprint density at radius 3 is 2.83 bits per heavy atom. The molecular formula is C13H12ClN3O. The molecular weight excluding hydrogens is 250 g/mol. The van der Waals surface area contributed by atoms with Crippen LogP contribution in [0.15, 0.2) is 36.7 Å². The first kappa shape index (κ1) is 12.5. The molecule has 1 heterocycles. The molecule has 0 bridgehead atoms. The van der Waals surface area contributed by atoms with E-state index in [1.165, 1.54) is 12.4 Å². The van der Waals surface area contributed by atoms with Crippen LogP contribution >= 0.6 is 11.6 Å². The quantitative estimate of drug-likeness (QED) is 0.924. The second-order valence-electron chi connectivity index (χ2n) is 3.94. The number of hydrogen-bond donors (Lipinski definition) is 1. The highest BCUT2D eigenvalue weighted by Gasteiger charge is 2.05. The van der Waals surface area contributed by atoms with Gasteiger partial charge in [0.25, 0.3) is 0 Å². The van der Waals surface area contributed by atoms with Gasteiger partial charge in [0.2, 0.25) is 5.91 Å². The Balaban J connectivity index is 1.98. The number of nitrogens with zero attached hydrogens (tertiary/aromatic N) is 2. The summed E-state index contributed by atoms with van der Waals surface area (Å²) in [6.07, 6.45) is 3.13. The third-order valence-corrected chi connectivity index (χ3v) is 2.53. The van der Waals surface area contributed by atoms with Crippen molar-refractivity contribution >= 4 is 23.3 Å². The van der Waals surface area contributed by atoms with Gasteiger partial charge >= 0.3 is 0 Å². The molecule has 0 aliphatic carbocycles. The molecule has 2 aromatic rings. The second kappa shape index (κ2) is 5.60. The molecule has 0 fully saturated rings. The van der Waals surface area contributed by atoms with E-state index in [-0.39, 0.29) is 5.91 Å². The summed E-state index contributed by atoms with van der Waals surface area (Å²) in [4.78, 5) is 19.6. The molecule has 0 atom stereocenters. The molecule has 0 saturated carbocycles. The van der Waals surface area contributed by atoms with Gasteiger partial charge in [-0.25, -0.2) is 9.97 Å². The van der Waals surface area contributed by atoms with Gasteiger partial charge in [0, 0.05) is 0 Å². The van der Waals surface area contributed by atoms with Crippen LogP contribution in [-0.2, 0) is 11.2 Å². The van der Waals surface area contributed by atoms with Gasteiger partial charge < -0.3 is 5.32 Å². The maximum absolute atomic E-state index is 11.8. The fourth-order valence-electron chi connectivity index (χ4n) is 1.57. The summed E-state index contributed by atoms with van der Waals surface area (Å²) in [6, 6.07) is 7.82. The maximum atomic E-state index is 11.8. The van der Waals surface area contributed by atoms with Crippen LogP contribution in [0.5, 0.6) is 0 Å². The van der Waals surface area contributed by atoms with Gasteiger partial charge in [-0.2, -0.15) is 0 Å². The molecule has 92 valence electrons. The first-order chi connectivity index (χ1) is 8.63. The summed E-state index contributed by atoms with van der Waals surface area (Å²) in [6.45, 7) is 1.99. The number of benzene rings is 1. The average Bonchev–Trinajstić information content (AvgIpc) is 2.32. The van der Waals surface area contributed by atoms with Gasteiger partial charge in [-0.3, -0.25) is 4.79 Å². The Bertz CT molecular complexity index is 554. The molecule has 0 unspecified atom stereocenters. The van der Waals surface area contributed by atoms with E-state index in [0.717, 1.165) is 11.1 Å². The van der Waals surface area contributed by atoms with E-state index < -0.39 is 0 Å². The summed E-state index contributed by atoms with van der Waals surface area (Å²) in [7, 11) is 0. The van der Waals surface area contributed by atoms with Gasteiger partial charge in [-0.1, -0.05) is 41.4 Å². The van der Waals surface area contributed by atoms with Crippen molar-refractivity contribution in [1.82, 2.24) is 9.97 Å². The predicted molar refractivity (Wildman–Crippen MR) is 70.6 cm³/mol. The molecule has 18 heavy (non-hydrogen) atoms. The standard InChI is InChI=1S/C13H12ClN3O/c1-9-3-2-4-10(5-9)6-13(18)17-12-8-15-11(14)7-16-12/h2-5,7-8H,6H2,1H3,(H,16,17,18). The Morgan fingerprint density at radius 1 is 1.33 bits per heavy atom. The zero-order valence-corrected chi connectivity index (χ0v) is 10.6. The van der Waals surface area contributed by atoms with E-state index in [9.17, 15) is 4.79 Å². The third-order valence-electron chi connectivity index (χ3n) is 2.33. The van der Waals surface area contributed by atoms with E-state index in [1.54, 1.807) is 0 Å². The topological polar surface area (TPSA) is 54.9 Å². The zero-order chi connectivity index (χ0) is 13.0. The Kier molecular flexibility index (Phi) is 3.89. The summed E-state index contributed by atoms with van der Waals surface area (Å²) >= 11 is 5.61. The molecule has 0 aliphatic heterocycles. The minimum atomic E-state index is -0.128. The van der Waals surface area contributed by atoms with Crippen LogP contribution in [0.2, 0.25) is 5.15 Å². The lowest BCUT2D eigenvalue weighted by Gasteiger charge is -2.04. The molecule has 1 aromatic carbocycles. The molecule has 1 N–H and O–H groups in total. The number of nitrogens with one attached hydrogen (secondary N) is 1. The molecule has 0 spiro atoms. The van der Waals surface area contributed by atoms with Crippen LogP contribution in [0.4, 0.5) is 5.82 Å². The predicted octanol–water partition coefficient (Wildman–Crippen LogP) is 2.62. The Hall–Kier alpha value is -1.94. The molecule has 0 radical (unpaired) electrons. The number of aryl methyl sites for hydroxylation is 1. The van der Waals surface area contributed by atoms with Crippen LogP contribution in [-0.4, -0.2) is 15.9 Å². The first-order valence-corrected chi connectivity index (χ1v) is 5.84. The van der Waals surface area contributed by atoms with Gasteiger partial charge in [0.15, 0.2) is 5.82 Å². The lowest BCUT2D eigenvalue weighted by atomic mass is 10.1. The minimum absolute atomic E-state index is 0.128. The molecule has 1 aromatic heterocycles.